The Morgan fingerprint density at radius 2 is 1.31 bits per heavy atom. The molecule has 194 valence electrons. The van der Waals surface area contributed by atoms with E-state index in [1.54, 1.807) is 34.6 Å². The van der Waals surface area contributed by atoms with Crippen molar-refractivity contribution >= 4 is 17.3 Å². The Bertz CT molecular complexity index is 1110. The third-order valence-corrected chi connectivity index (χ3v) is 5.50. The fourth-order valence-corrected chi connectivity index (χ4v) is 3.52. The lowest BCUT2D eigenvalue weighted by Crippen LogP contribution is -2.52. The Labute approximate surface area is 198 Å². The molecule has 0 bridgehead atoms. The number of hydrogen-bond acceptors (Lipinski definition) is 5. The maximum atomic E-state index is 13.1. The monoisotopic (exact) mass is 507 g/mol. The smallest absolute Gasteiger partial charge is 0.376 e. The van der Waals surface area contributed by atoms with Gasteiger partial charge in [-0.25, -0.2) is 0 Å². The number of benzene rings is 1. The molecule has 0 saturated heterocycles. The molecular formula is C23H27F6N3O3. The number of hydrogen-bond donors (Lipinski definition) is 2. The van der Waals surface area contributed by atoms with Crippen molar-refractivity contribution in [2.75, 3.05) is 23.7 Å². The van der Waals surface area contributed by atoms with E-state index in [1.165, 1.54) is 4.90 Å². The van der Waals surface area contributed by atoms with Gasteiger partial charge >= 0.3 is 12.4 Å². The second-order valence-electron chi connectivity index (χ2n) is 9.13. The van der Waals surface area contributed by atoms with Crippen LogP contribution >= 0.6 is 0 Å². The van der Waals surface area contributed by atoms with Crippen molar-refractivity contribution in [2.24, 2.45) is 5.41 Å². The van der Waals surface area contributed by atoms with Crippen LogP contribution in [0.15, 0.2) is 27.8 Å². The summed E-state index contributed by atoms with van der Waals surface area (Å²) in [6.07, 6.45) is -10.0. The quantitative estimate of drug-likeness (QED) is 0.403. The number of anilines is 2. The number of nitrogens with zero attached hydrogens (tertiary/aromatic N) is 1. The second kappa shape index (κ2) is 9.90. The SMILES string of the molecule is CCN(CC)C(=O)[C@@H](Nc1c(NCc2cc(C(F)(F)F)cc(C(F)(F)F)c2)c(=O)c1=O)C(C)(C)C. The number of rotatable bonds is 8. The molecule has 0 aliphatic rings. The van der Waals surface area contributed by atoms with Crippen molar-refractivity contribution in [3.05, 3.63) is 55.3 Å². The number of likely N-dealkylation sites (N-methyl/N-ethyl adjacent to an activating group) is 1. The first-order valence-corrected chi connectivity index (χ1v) is 10.8. The lowest BCUT2D eigenvalue weighted by atomic mass is 9.85. The zero-order chi connectivity index (χ0) is 26.9. The second-order valence-corrected chi connectivity index (χ2v) is 9.13. The highest BCUT2D eigenvalue weighted by molar-refractivity contribution is 5.88. The van der Waals surface area contributed by atoms with Crippen LogP contribution in [-0.2, 0) is 23.7 Å². The maximum absolute atomic E-state index is 13.1. The highest BCUT2D eigenvalue weighted by atomic mass is 19.4. The van der Waals surface area contributed by atoms with Gasteiger partial charge in [0.1, 0.15) is 17.4 Å². The first-order chi connectivity index (χ1) is 15.9. The van der Waals surface area contributed by atoms with E-state index in [4.69, 9.17) is 0 Å². The van der Waals surface area contributed by atoms with Gasteiger partial charge in [-0.3, -0.25) is 14.4 Å². The molecule has 0 radical (unpaired) electrons. The minimum atomic E-state index is -5.02. The molecule has 2 rings (SSSR count). The minimum absolute atomic E-state index is 0.000526. The number of carbonyl (C=O) groups excluding carboxylic acids is 1. The number of carbonyl (C=O) groups is 1. The van der Waals surface area contributed by atoms with Crippen LogP contribution in [-0.4, -0.2) is 29.9 Å². The summed E-state index contributed by atoms with van der Waals surface area (Å²) in [6, 6.07) is 0.142. The van der Waals surface area contributed by atoms with Gasteiger partial charge < -0.3 is 15.5 Å². The normalized spacial score (nSPS) is 13.6. The Kier molecular flexibility index (Phi) is 7.98. The zero-order valence-electron chi connectivity index (χ0n) is 19.9. The molecule has 2 aromatic rings. The number of halogens is 6. The lowest BCUT2D eigenvalue weighted by Gasteiger charge is -2.35. The standard InChI is InChI=1S/C23H27F6N3O3/c1-6-32(7-2)20(35)19(21(3,4)5)31-16-15(17(33)18(16)34)30-11-12-8-13(22(24,25)26)10-14(9-12)23(27,28)29/h8-10,19,30-31H,6-7,11H2,1-5H3/t19-/m1/s1. The molecule has 0 aliphatic carbocycles. The number of amides is 1. The maximum Gasteiger partial charge on any atom is 0.416 e. The number of alkyl halides is 6. The Balaban J connectivity index is 2.37. The van der Waals surface area contributed by atoms with Crippen LogP contribution in [0.4, 0.5) is 37.7 Å². The molecule has 12 heteroatoms. The summed E-state index contributed by atoms with van der Waals surface area (Å²) in [6.45, 7) is 8.99. The van der Waals surface area contributed by atoms with Crippen LogP contribution in [0.25, 0.3) is 0 Å². The molecular weight excluding hydrogens is 480 g/mol. The van der Waals surface area contributed by atoms with Crippen LogP contribution < -0.4 is 21.5 Å². The van der Waals surface area contributed by atoms with Crippen molar-refractivity contribution in [1.82, 2.24) is 4.90 Å². The molecule has 0 aliphatic heterocycles. The topological polar surface area (TPSA) is 78.5 Å². The molecule has 0 aromatic heterocycles. The first kappa shape index (κ1) is 28.2. The van der Waals surface area contributed by atoms with E-state index in [1.807, 2.05) is 0 Å². The van der Waals surface area contributed by atoms with Gasteiger partial charge in [0.2, 0.25) is 5.91 Å². The van der Waals surface area contributed by atoms with Gasteiger partial charge in [-0.05, 0) is 43.0 Å². The summed E-state index contributed by atoms with van der Waals surface area (Å²) in [4.78, 5) is 38.9. The van der Waals surface area contributed by atoms with E-state index in [2.05, 4.69) is 10.6 Å². The van der Waals surface area contributed by atoms with Crippen LogP contribution in [0.5, 0.6) is 0 Å². The molecule has 6 nitrogen and oxygen atoms in total. The van der Waals surface area contributed by atoms with Crippen LogP contribution in [0, 0.1) is 5.41 Å². The summed E-state index contributed by atoms with van der Waals surface area (Å²) in [5, 5.41) is 5.24. The van der Waals surface area contributed by atoms with Gasteiger partial charge in [0.15, 0.2) is 0 Å². The average Bonchev–Trinajstić information content (AvgIpc) is 2.73. The van der Waals surface area contributed by atoms with E-state index in [-0.39, 0.29) is 23.3 Å². The first-order valence-electron chi connectivity index (χ1n) is 10.8. The minimum Gasteiger partial charge on any atom is -0.376 e. The lowest BCUT2D eigenvalue weighted by molar-refractivity contribution is -0.143. The summed E-state index contributed by atoms with van der Waals surface area (Å²) < 4.78 is 78.6. The van der Waals surface area contributed by atoms with Gasteiger partial charge in [-0.2, -0.15) is 26.3 Å². The Morgan fingerprint density at radius 3 is 1.71 bits per heavy atom. The fourth-order valence-electron chi connectivity index (χ4n) is 3.52. The van der Waals surface area contributed by atoms with Gasteiger partial charge in [0.25, 0.3) is 10.9 Å². The van der Waals surface area contributed by atoms with Gasteiger partial charge in [-0.15, -0.1) is 0 Å². The molecule has 0 spiro atoms. The van der Waals surface area contributed by atoms with Gasteiger partial charge in [0.05, 0.1) is 11.1 Å². The molecule has 0 unspecified atom stereocenters. The van der Waals surface area contributed by atoms with Crippen molar-refractivity contribution in [1.29, 1.82) is 0 Å². The molecule has 2 aromatic carbocycles. The van der Waals surface area contributed by atoms with Crippen LogP contribution in [0.2, 0.25) is 0 Å². The van der Waals surface area contributed by atoms with Crippen molar-refractivity contribution in [2.45, 2.75) is 59.6 Å². The van der Waals surface area contributed by atoms with Crippen molar-refractivity contribution in [3.63, 3.8) is 0 Å². The summed E-state index contributed by atoms with van der Waals surface area (Å²) in [5.74, 6) is -0.325. The predicted molar refractivity (Wildman–Crippen MR) is 120 cm³/mol. The highest BCUT2D eigenvalue weighted by Gasteiger charge is 2.38. The molecule has 1 amide bonds. The third-order valence-electron chi connectivity index (χ3n) is 5.50. The van der Waals surface area contributed by atoms with Crippen molar-refractivity contribution < 1.29 is 31.1 Å². The number of nitrogens with one attached hydrogen (secondary N) is 2. The van der Waals surface area contributed by atoms with E-state index < -0.39 is 57.9 Å². The predicted octanol–water partition coefficient (Wildman–Crippen LogP) is 4.63. The zero-order valence-corrected chi connectivity index (χ0v) is 19.9. The van der Waals surface area contributed by atoms with E-state index in [0.717, 1.165) is 0 Å². The molecule has 0 saturated carbocycles. The average molecular weight is 507 g/mol. The van der Waals surface area contributed by atoms with Gasteiger partial charge in [-0.1, -0.05) is 20.8 Å². The molecule has 1 atom stereocenters. The molecule has 0 fully saturated rings. The highest BCUT2D eigenvalue weighted by Crippen LogP contribution is 2.36. The third kappa shape index (κ3) is 6.34. The van der Waals surface area contributed by atoms with Crippen LogP contribution in [0.1, 0.15) is 51.3 Å². The Morgan fingerprint density at radius 1 is 0.857 bits per heavy atom. The molecule has 2 N–H and O–H groups in total. The van der Waals surface area contributed by atoms with E-state index >= 15 is 0 Å². The molecule has 35 heavy (non-hydrogen) atoms. The van der Waals surface area contributed by atoms with E-state index in [9.17, 15) is 40.7 Å². The summed E-state index contributed by atoms with van der Waals surface area (Å²) in [7, 11) is 0. The van der Waals surface area contributed by atoms with E-state index in [0.29, 0.717) is 25.2 Å². The van der Waals surface area contributed by atoms with Crippen molar-refractivity contribution in [3.8, 4) is 0 Å². The Hall–Kier alpha value is -3.05. The van der Waals surface area contributed by atoms with Crippen LogP contribution in [0.3, 0.4) is 0 Å². The molecule has 0 heterocycles. The fraction of sp³-hybridized carbons (Fsp3) is 0.522. The summed E-state index contributed by atoms with van der Waals surface area (Å²) >= 11 is 0. The largest absolute Gasteiger partial charge is 0.416 e. The van der Waals surface area contributed by atoms with Gasteiger partial charge in [0, 0.05) is 19.6 Å². The summed E-state index contributed by atoms with van der Waals surface area (Å²) in [5.41, 5.74) is -6.54.